The van der Waals surface area contributed by atoms with Crippen molar-refractivity contribution in [2.24, 2.45) is 0 Å². The zero-order chi connectivity index (χ0) is 12.4. The van der Waals surface area contributed by atoms with Crippen molar-refractivity contribution < 1.29 is 14.7 Å². The van der Waals surface area contributed by atoms with Crippen molar-refractivity contribution in [2.45, 2.75) is 19.4 Å². The van der Waals surface area contributed by atoms with E-state index in [0.29, 0.717) is 12.0 Å². The Morgan fingerprint density at radius 3 is 3.06 bits per heavy atom. The van der Waals surface area contributed by atoms with Crippen LogP contribution in [0.4, 0.5) is 5.69 Å². The van der Waals surface area contributed by atoms with E-state index in [1.807, 2.05) is 0 Å². The molecule has 90 valence electrons. The van der Waals surface area contributed by atoms with Crippen LogP contribution >= 0.6 is 0 Å². The van der Waals surface area contributed by atoms with Gasteiger partial charge in [0.2, 0.25) is 5.91 Å². The summed E-state index contributed by atoms with van der Waals surface area (Å²) in [5.74, 6) is -0.297. The highest BCUT2D eigenvalue weighted by Crippen LogP contribution is 2.23. The van der Waals surface area contributed by atoms with Crippen LogP contribution in [-0.4, -0.2) is 29.6 Å². The van der Waals surface area contributed by atoms with Crippen molar-refractivity contribution in [3.05, 3.63) is 29.3 Å². The SMILES string of the molecule is CC(O)CNC(=O)c1ccc2c(c1)CC(=O)N2. The first-order valence-corrected chi connectivity index (χ1v) is 5.45. The lowest BCUT2D eigenvalue weighted by atomic mass is 10.1. The Bertz CT molecular complexity index is 469. The Balaban J connectivity index is 2.10. The van der Waals surface area contributed by atoms with Crippen molar-refractivity contribution >= 4 is 17.5 Å². The summed E-state index contributed by atoms with van der Waals surface area (Å²) in [4.78, 5) is 22.9. The lowest BCUT2D eigenvalue weighted by molar-refractivity contribution is -0.115. The maximum Gasteiger partial charge on any atom is 0.251 e. The Kier molecular flexibility index (Phi) is 3.10. The van der Waals surface area contributed by atoms with Crippen LogP contribution in [0.5, 0.6) is 0 Å². The third-order valence-corrected chi connectivity index (χ3v) is 2.55. The number of aliphatic hydroxyl groups is 1. The quantitative estimate of drug-likeness (QED) is 0.703. The summed E-state index contributed by atoms with van der Waals surface area (Å²) in [6.07, 6.45) is -0.260. The summed E-state index contributed by atoms with van der Waals surface area (Å²) in [5, 5.41) is 14.4. The molecule has 2 rings (SSSR count). The fraction of sp³-hybridized carbons (Fsp3) is 0.333. The van der Waals surface area contributed by atoms with Crippen molar-refractivity contribution in [3.8, 4) is 0 Å². The van der Waals surface area contributed by atoms with Crippen LogP contribution < -0.4 is 10.6 Å². The molecule has 5 heteroatoms. The molecule has 0 radical (unpaired) electrons. The number of hydrogen-bond donors (Lipinski definition) is 3. The minimum atomic E-state index is -0.573. The standard InChI is InChI=1S/C12H14N2O3/c1-7(15)6-13-12(17)8-2-3-10-9(4-8)5-11(16)14-10/h2-4,7,15H,5-6H2,1H3,(H,13,17)(H,14,16). The van der Waals surface area contributed by atoms with Crippen molar-refractivity contribution in [3.63, 3.8) is 0 Å². The van der Waals surface area contributed by atoms with Gasteiger partial charge in [-0.15, -0.1) is 0 Å². The number of benzene rings is 1. The van der Waals surface area contributed by atoms with Gasteiger partial charge in [-0.05, 0) is 30.7 Å². The summed E-state index contributed by atoms with van der Waals surface area (Å²) in [6.45, 7) is 1.82. The minimum Gasteiger partial charge on any atom is -0.392 e. The summed E-state index contributed by atoms with van der Waals surface area (Å²) >= 11 is 0. The average Bonchev–Trinajstić information content (AvgIpc) is 2.64. The number of hydrogen-bond acceptors (Lipinski definition) is 3. The van der Waals surface area contributed by atoms with Gasteiger partial charge < -0.3 is 15.7 Å². The second-order valence-corrected chi connectivity index (χ2v) is 4.16. The number of amides is 2. The van der Waals surface area contributed by atoms with Crippen LogP contribution in [0.3, 0.4) is 0 Å². The van der Waals surface area contributed by atoms with E-state index in [1.54, 1.807) is 25.1 Å². The van der Waals surface area contributed by atoms with Gasteiger partial charge in [0.1, 0.15) is 0 Å². The first kappa shape index (κ1) is 11.6. The Labute approximate surface area is 98.8 Å². The third-order valence-electron chi connectivity index (χ3n) is 2.55. The Morgan fingerprint density at radius 2 is 2.35 bits per heavy atom. The molecule has 2 amide bonds. The van der Waals surface area contributed by atoms with E-state index in [2.05, 4.69) is 10.6 Å². The van der Waals surface area contributed by atoms with E-state index >= 15 is 0 Å². The molecule has 1 heterocycles. The molecule has 0 fully saturated rings. The summed E-state index contributed by atoms with van der Waals surface area (Å²) in [5.41, 5.74) is 2.10. The zero-order valence-corrected chi connectivity index (χ0v) is 9.49. The van der Waals surface area contributed by atoms with Crippen molar-refractivity contribution in [1.82, 2.24) is 5.32 Å². The molecule has 5 nitrogen and oxygen atoms in total. The molecule has 0 saturated carbocycles. The number of nitrogens with one attached hydrogen (secondary N) is 2. The molecule has 0 saturated heterocycles. The average molecular weight is 234 g/mol. The van der Waals surface area contributed by atoms with Crippen LogP contribution in [0.2, 0.25) is 0 Å². The highest BCUT2D eigenvalue weighted by atomic mass is 16.3. The highest BCUT2D eigenvalue weighted by Gasteiger charge is 2.19. The fourth-order valence-corrected chi connectivity index (χ4v) is 1.71. The van der Waals surface area contributed by atoms with Crippen LogP contribution in [0.25, 0.3) is 0 Å². The Hall–Kier alpha value is -1.88. The molecule has 17 heavy (non-hydrogen) atoms. The number of anilines is 1. The number of aliphatic hydroxyl groups excluding tert-OH is 1. The van der Waals surface area contributed by atoms with Crippen molar-refractivity contribution in [2.75, 3.05) is 11.9 Å². The minimum absolute atomic E-state index is 0.0541. The summed E-state index contributed by atoms with van der Waals surface area (Å²) in [7, 11) is 0. The van der Waals surface area contributed by atoms with Gasteiger partial charge in [0, 0.05) is 17.8 Å². The molecule has 0 aliphatic carbocycles. The molecule has 0 aromatic heterocycles. The number of carbonyl (C=O) groups excluding carboxylic acids is 2. The molecule has 1 unspecified atom stereocenters. The number of carbonyl (C=O) groups is 2. The lowest BCUT2D eigenvalue weighted by Gasteiger charge is -2.08. The smallest absolute Gasteiger partial charge is 0.251 e. The summed E-state index contributed by atoms with van der Waals surface area (Å²) in [6, 6.07) is 5.07. The third kappa shape index (κ3) is 2.62. The van der Waals surface area contributed by atoms with Gasteiger partial charge in [-0.25, -0.2) is 0 Å². The molecule has 3 N–H and O–H groups in total. The normalized spacial score (nSPS) is 15.1. The molecule has 1 aromatic carbocycles. The van der Waals surface area contributed by atoms with Crippen LogP contribution in [0, 0.1) is 0 Å². The second-order valence-electron chi connectivity index (χ2n) is 4.16. The first-order chi connectivity index (χ1) is 8.06. The van der Waals surface area contributed by atoms with Gasteiger partial charge in [-0.2, -0.15) is 0 Å². The van der Waals surface area contributed by atoms with Gasteiger partial charge in [0.25, 0.3) is 5.91 Å². The van der Waals surface area contributed by atoms with Gasteiger partial charge in [0.05, 0.1) is 12.5 Å². The largest absolute Gasteiger partial charge is 0.392 e. The van der Waals surface area contributed by atoms with Gasteiger partial charge in [-0.1, -0.05) is 0 Å². The van der Waals surface area contributed by atoms with E-state index in [0.717, 1.165) is 11.3 Å². The second kappa shape index (κ2) is 4.55. The van der Waals surface area contributed by atoms with Crippen LogP contribution in [0.1, 0.15) is 22.8 Å². The van der Waals surface area contributed by atoms with Gasteiger partial charge in [0.15, 0.2) is 0 Å². The van der Waals surface area contributed by atoms with E-state index < -0.39 is 6.10 Å². The van der Waals surface area contributed by atoms with Crippen LogP contribution in [-0.2, 0) is 11.2 Å². The maximum absolute atomic E-state index is 11.7. The predicted molar refractivity (Wildman–Crippen MR) is 62.8 cm³/mol. The van der Waals surface area contributed by atoms with E-state index in [1.165, 1.54) is 0 Å². The molecule has 0 bridgehead atoms. The molecule has 1 aliphatic rings. The summed E-state index contributed by atoms with van der Waals surface area (Å²) < 4.78 is 0. The molecular weight excluding hydrogens is 220 g/mol. The zero-order valence-electron chi connectivity index (χ0n) is 9.49. The molecule has 1 atom stereocenters. The molecule has 1 aromatic rings. The monoisotopic (exact) mass is 234 g/mol. The predicted octanol–water partition coefficient (Wildman–Crippen LogP) is 0.292. The molecular formula is C12H14N2O3. The topological polar surface area (TPSA) is 78.4 Å². The van der Waals surface area contributed by atoms with Crippen molar-refractivity contribution in [1.29, 1.82) is 0 Å². The van der Waals surface area contributed by atoms with E-state index in [-0.39, 0.29) is 18.4 Å². The van der Waals surface area contributed by atoms with E-state index in [4.69, 9.17) is 5.11 Å². The first-order valence-electron chi connectivity index (χ1n) is 5.45. The van der Waals surface area contributed by atoms with Gasteiger partial charge in [-0.3, -0.25) is 9.59 Å². The lowest BCUT2D eigenvalue weighted by Crippen LogP contribution is -2.30. The number of rotatable bonds is 3. The maximum atomic E-state index is 11.7. The molecule has 1 aliphatic heterocycles. The van der Waals surface area contributed by atoms with Crippen LogP contribution in [0.15, 0.2) is 18.2 Å². The highest BCUT2D eigenvalue weighted by molar-refractivity contribution is 6.01. The van der Waals surface area contributed by atoms with Gasteiger partial charge >= 0.3 is 0 Å². The Morgan fingerprint density at radius 1 is 1.59 bits per heavy atom. The fourth-order valence-electron chi connectivity index (χ4n) is 1.71. The molecule has 0 spiro atoms. The van der Waals surface area contributed by atoms with E-state index in [9.17, 15) is 9.59 Å². The number of fused-ring (bicyclic) bond motifs is 1.